The molecule has 0 aliphatic heterocycles. The molecule has 0 saturated heterocycles. The minimum Gasteiger partial charge on any atom is -0.493 e. The van der Waals surface area contributed by atoms with Gasteiger partial charge in [0.25, 0.3) is 5.91 Å². The first-order chi connectivity index (χ1) is 9.53. The maximum atomic E-state index is 12.0. The van der Waals surface area contributed by atoms with Crippen LogP contribution in [0.2, 0.25) is 0 Å². The molecule has 1 aromatic rings. The molecule has 1 aromatic carbocycles. The summed E-state index contributed by atoms with van der Waals surface area (Å²) < 4.78 is 10.2. The van der Waals surface area contributed by atoms with E-state index in [1.165, 1.54) is 33.4 Å². The molecule has 20 heavy (non-hydrogen) atoms. The van der Waals surface area contributed by atoms with Gasteiger partial charge >= 0.3 is 0 Å². The minimum atomic E-state index is -0.368. The quantitative estimate of drug-likeness (QED) is 0.644. The number of rotatable bonds is 6. The molecule has 2 amide bonds. The third kappa shape index (κ3) is 3.78. The lowest BCUT2D eigenvalue weighted by Crippen LogP contribution is -2.29. The van der Waals surface area contributed by atoms with E-state index in [1.807, 2.05) is 0 Å². The number of carbonyl (C=O) groups excluding carboxylic acids is 2. The van der Waals surface area contributed by atoms with Crippen molar-refractivity contribution in [3.8, 4) is 11.5 Å². The molecule has 1 rings (SSSR count). The van der Waals surface area contributed by atoms with Crippen LogP contribution in [0.3, 0.4) is 0 Å². The van der Waals surface area contributed by atoms with Gasteiger partial charge in [-0.05, 0) is 6.07 Å². The second-order valence-corrected chi connectivity index (χ2v) is 3.97. The van der Waals surface area contributed by atoms with Crippen molar-refractivity contribution in [3.05, 3.63) is 17.7 Å². The van der Waals surface area contributed by atoms with Gasteiger partial charge in [0, 0.05) is 31.8 Å². The zero-order chi connectivity index (χ0) is 15.1. The molecule has 4 N–H and O–H groups in total. The van der Waals surface area contributed by atoms with Gasteiger partial charge < -0.3 is 25.8 Å². The van der Waals surface area contributed by atoms with Crippen molar-refractivity contribution >= 4 is 17.5 Å². The Balaban J connectivity index is 2.80. The molecule has 0 aliphatic rings. The zero-order valence-corrected chi connectivity index (χ0v) is 11.8. The van der Waals surface area contributed by atoms with Crippen molar-refractivity contribution in [1.29, 1.82) is 0 Å². The van der Waals surface area contributed by atoms with E-state index in [1.54, 1.807) is 0 Å². The van der Waals surface area contributed by atoms with Gasteiger partial charge in [-0.15, -0.1) is 0 Å². The molecule has 0 fully saturated rings. The number of nitrogens with two attached hydrogens (primary N) is 1. The van der Waals surface area contributed by atoms with Crippen molar-refractivity contribution < 1.29 is 19.1 Å². The first-order valence-corrected chi connectivity index (χ1v) is 6.03. The van der Waals surface area contributed by atoms with Crippen LogP contribution in [-0.4, -0.2) is 39.6 Å². The lowest BCUT2D eigenvalue weighted by atomic mass is 10.1. The number of ether oxygens (including phenoxy) is 2. The monoisotopic (exact) mass is 281 g/mol. The van der Waals surface area contributed by atoms with Crippen LogP contribution in [0, 0.1) is 0 Å². The van der Waals surface area contributed by atoms with Crippen LogP contribution in [0.25, 0.3) is 0 Å². The van der Waals surface area contributed by atoms with E-state index >= 15 is 0 Å². The maximum absolute atomic E-state index is 12.0. The fourth-order valence-corrected chi connectivity index (χ4v) is 1.60. The zero-order valence-electron chi connectivity index (χ0n) is 11.8. The minimum absolute atomic E-state index is 0.148. The van der Waals surface area contributed by atoms with E-state index in [-0.39, 0.29) is 36.0 Å². The molecule has 0 unspecified atom stereocenters. The van der Waals surface area contributed by atoms with Gasteiger partial charge in [-0.3, -0.25) is 9.59 Å². The van der Waals surface area contributed by atoms with Gasteiger partial charge in [0.05, 0.1) is 19.8 Å². The lowest BCUT2D eigenvalue weighted by molar-refractivity contribution is -0.120. The number of anilines is 1. The first kappa shape index (κ1) is 15.6. The molecule has 0 aromatic heterocycles. The van der Waals surface area contributed by atoms with E-state index in [4.69, 9.17) is 15.2 Å². The molecule has 7 nitrogen and oxygen atoms in total. The fraction of sp³-hybridized carbons (Fsp3) is 0.385. The van der Waals surface area contributed by atoms with Crippen molar-refractivity contribution in [2.45, 2.75) is 6.42 Å². The van der Waals surface area contributed by atoms with Crippen molar-refractivity contribution in [1.82, 2.24) is 10.6 Å². The number of hydrogen-bond acceptors (Lipinski definition) is 5. The molecule has 0 saturated carbocycles. The summed E-state index contributed by atoms with van der Waals surface area (Å²) in [6.07, 6.45) is 0.204. The predicted molar refractivity (Wildman–Crippen MR) is 75.0 cm³/mol. The molecule has 0 heterocycles. The summed E-state index contributed by atoms with van der Waals surface area (Å²) in [5.74, 6) is 0.350. The molecule has 0 bridgehead atoms. The summed E-state index contributed by atoms with van der Waals surface area (Å²) in [5.41, 5.74) is 6.36. The molecular formula is C13H19N3O4. The summed E-state index contributed by atoms with van der Waals surface area (Å²) >= 11 is 0. The van der Waals surface area contributed by atoms with Gasteiger partial charge in [0.1, 0.15) is 0 Å². The number of carbonyl (C=O) groups is 2. The van der Waals surface area contributed by atoms with Crippen LogP contribution in [0.1, 0.15) is 16.8 Å². The molecule has 0 atom stereocenters. The summed E-state index contributed by atoms with van der Waals surface area (Å²) in [6.45, 7) is 0.228. The summed E-state index contributed by atoms with van der Waals surface area (Å²) in [7, 11) is 4.50. The standard InChI is InChI=1S/C13H19N3O4/c1-15-12(17)4-5-16-13(18)8-6-10(19-2)11(20-3)7-9(8)14/h6-7H,4-5,14H2,1-3H3,(H,15,17)(H,16,18). The third-order valence-corrected chi connectivity index (χ3v) is 2.72. The largest absolute Gasteiger partial charge is 0.493 e. The second kappa shape index (κ2) is 7.22. The summed E-state index contributed by atoms with van der Waals surface area (Å²) in [4.78, 5) is 23.0. The van der Waals surface area contributed by atoms with E-state index in [2.05, 4.69) is 10.6 Å². The van der Waals surface area contributed by atoms with Gasteiger partial charge in [-0.1, -0.05) is 0 Å². The van der Waals surface area contributed by atoms with E-state index in [0.29, 0.717) is 11.5 Å². The molecule has 0 aliphatic carbocycles. The fourth-order valence-electron chi connectivity index (χ4n) is 1.60. The Morgan fingerprint density at radius 1 is 1.20 bits per heavy atom. The van der Waals surface area contributed by atoms with Crippen LogP contribution in [-0.2, 0) is 4.79 Å². The first-order valence-electron chi connectivity index (χ1n) is 6.03. The highest BCUT2D eigenvalue weighted by molar-refractivity contribution is 6.00. The Labute approximate surface area is 117 Å². The Bertz CT molecular complexity index is 503. The SMILES string of the molecule is CNC(=O)CCNC(=O)c1cc(OC)c(OC)cc1N. The Kier molecular flexibility index (Phi) is 5.64. The Morgan fingerprint density at radius 3 is 2.35 bits per heavy atom. The average Bonchev–Trinajstić information content (AvgIpc) is 2.46. The topological polar surface area (TPSA) is 103 Å². The number of nitrogens with one attached hydrogen (secondary N) is 2. The van der Waals surface area contributed by atoms with Gasteiger partial charge in [-0.25, -0.2) is 0 Å². The molecule has 0 radical (unpaired) electrons. The lowest BCUT2D eigenvalue weighted by Gasteiger charge is -2.12. The summed E-state index contributed by atoms with van der Waals surface area (Å²) in [5, 5.41) is 5.09. The highest BCUT2D eigenvalue weighted by Crippen LogP contribution is 2.31. The van der Waals surface area contributed by atoms with Crippen molar-refractivity contribution in [3.63, 3.8) is 0 Å². The number of nitrogen functional groups attached to an aromatic ring is 1. The predicted octanol–water partition coefficient (Wildman–Crippen LogP) is 0.152. The number of hydrogen-bond donors (Lipinski definition) is 3. The molecule has 110 valence electrons. The van der Waals surface area contributed by atoms with Crippen LogP contribution in [0.15, 0.2) is 12.1 Å². The van der Waals surface area contributed by atoms with Crippen LogP contribution < -0.4 is 25.8 Å². The van der Waals surface area contributed by atoms with Crippen LogP contribution in [0.4, 0.5) is 5.69 Å². The number of benzene rings is 1. The normalized spacial score (nSPS) is 9.75. The van der Waals surface area contributed by atoms with Crippen molar-refractivity contribution in [2.24, 2.45) is 0 Å². The van der Waals surface area contributed by atoms with Gasteiger partial charge in [0.2, 0.25) is 5.91 Å². The smallest absolute Gasteiger partial charge is 0.253 e. The Hall–Kier alpha value is -2.44. The Morgan fingerprint density at radius 2 is 1.80 bits per heavy atom. The van der Waals surface area contributed by atoms with E-state index < -0.39 is 0 Å². The maximum Gasteiger partial charge on any atom is 0.253 e. The second-order valence-electron chi connectivity index (χ2n) is 3.97. The molecule has 0 spiro atoms. The highest BCUT2D eigenvalue weighted by atomic mass is 16.5. The van der Waals surface area contributed by atoms with Crippen LogP contribution in [0.5, 0.6) is 11.5 Å². The van der Waals surface area contributed by atoms with Gasteiger partial charge in [-0.2, -0.15) is 0 Å². The van der Waals surface area contributed by atoms with Crippen LogP contribution >= 0.6 is 0 Å². The van der Waals surface area contributed by atoms with Crippen molar-refractivity contribution in [2.75, 3.05) is 33.5 Å². The highest BCUT2D eigenvalue weighted by Gasteiger charge is 2.15. The number of methoxy groups -OCH3 is 2. The molecular weight excluding hydrogens is 262 g/mol. The average molecular weight is 281 g/mol. The molecule has 7 heteroatoms. The van der Waals surface area contributed by atoms with E-state index in [9.17, 15) is 9.59 Å². The van der Waals surface area contributed by atoms with Gasteiger partial charge in [0.15, 0.2) is 11.5 Å². The van der Waals surface area contributed by atoms with E-state index in [0.717, 1.165) is 0 Å². The summed E-state index contributed by atoms with van der Waals surface area (Å²) in [6, 6.07) is 3.02. The third-order valence-electron chi connectivity index (χ3n) is 2.72. The number of amides is 2.